The van der Waals surface area contributed by atoms with Crippen LogP contribution < -0.4 is 14.2 Å². The Morgan fingerprint density at radius 2 is 1.09 bits per heavy atom. The highest BCUT2D eigenvalue weighted by molar-refractivity contribution is 5.84. The zero-order chi connectivity index (χ0) is 32.3. The van der Waals surface area contributed by atoms with Crippen molar-refractivity contribution in [1.82, 2.24) is 29.8 Å². The van der Waals surface area contributed by atoms with Gasteiger partial charge in [-0.2, -0.15) is 5.10 Å². The molecule has 4 aromatic carbocycles. The second-order valence-electron chi connectivity index (χ2n) is 10.9. The minimum atomic E-state index is 0.680. The number of ether oxygens (including phenoxy) is 3. The Hall–Kier alpha value is -6.22. The smallest absolute Gasteiger partial charge is 0.137 e. The summed E-state index contributed by atoms with van der Waals surface area (Å²) in [7, 11) is 4.97. The second kappa shape index (κ2) is 12.6. The lowest BCUT2D eigenvalue weighted by molar-refractivity contribution is 0.414. The number of benzene rings is 4. The highest BCUT2D eigenvalue weighted by Crippen LogP contribution is 2.37. The quantitative estimate of drug-likeness (QED) is 0.162. The summed E-state index contributed by atoms with van der Waals surface area (Å²) in [5, 5.41) is 14.3. The normalized spacial score (nSPS) is 11.0. The molecule has 7 aromatic rings. The van der Waals surface area contributed by atoms with Gasteiger partial charge in [-0.3, -0.25) is 0 Å². The van der Waals surface area contributed by atoms with E-state index < -0.39 is 0 Å². The van der Waals surface area contributed by atoms with Gasteiger partial charge in [-0.05, 0) is 110 Å². The van der Waals surface area contributed by atoms with Gasteiger partial charge in [0.1, 0.15) is 28.6 Å². The van der Waals surface area contributed by atoms with Crippen LogP contribution in [-0.2, 0) is 0 Å². The van der Waals surface area contributed by atoms with E-state index in [1.54, 1.807) is 21.3 Å². The van der Waals surface area contributed by atoms with E-state index in [0.29, 0.717) is 11.4 Å². The molecule has 0 fully saturated rings. The van der Waals surface area contributed by atoms with Crippen LogP contribution in [0.5, 0.6) is 17.2 Å². The van der Waals surface area contributed by atoms with E-state index in [1.165, 1.54) is 0 Å². The van der Waals surface area contributed by atoms with Gasteiger partial charge in [0, 0.05) is 22.9 Å². The molecule has 232 valence electrons. The van der Waals surface area contributed by atoms with Crippen molar-refractivity contribution < 1.29 is 14.2 Å². The third-order valence-electron chi connectivity index (χ3n) is 8.08. The molecule has 0 spiro atoms. The fraction of sp³-hybridized carbons (Fsp3) is 0.105. The van der Waals surface area contributed by atoms with Crippen LogP contribution in [0.25, 0.3) is 56.4 Å². The van der Waals surface area contributed by atoms with E-state index in [-0.39, 0.29) is 0 Å². The van der Waals surface area contributed by atoms with E-state index in [0.717, 1.165) is 68.0 Å². The number of hydrogen-bond acceptors (Lipinski definition) is 7. The first-order valence-electron chi connectivity index (χ1n) is 15.1. The summed E-state index contributed by atoms with van der Waals surface area (Å²) in [5.74, 6) is 2.33. The van der Waals surface area contributed by atoms with Gasteiger partial charge >= 0.3 is 0 Å². The summed E-state index contributed by atoms with van der Waals surface area (Å²) in [6.45, 7) is 2.00. The summed E-state index contributed by atoms with van der Waals surface area (Å²) in [6.07, 6.45) is 2.04. The topological polar surface area (TPSA) is 89.1 Å². The van der Waals surface area contributed by atoms with Crippen LogP contribution in [0.3, 0.4) is 0 Å². The largest absolute Gasteiger partial charge is 0.497 e. The lowest BCUT2D eigenvalue weighted by Crippen LogP contribution is -1.99. The molecule has 9 nitrogen and oxygen atoms in total. The molecule has 0 aliphatic heterocycles. The summed E-state index contributed by atoms with van der Waals surface area (Å²) in [6, 6.07) is 37.8. The lowest BCUT2D eigenvalue weighted by Gasteiger charge is -2.11. The van der Waals surface area contributed by atoms with Crippen molar-refractivity contribution in [3.63, 3.8) is 0 Å². The Kier molecular flexibility index (Phi) is 7.93. The molecule has 9 heteroatoms. The molecule has 3 aromatic heterocycles. The first-order chi connectivity index (χ1) is 23.0. The number of pyridine rings is 1. The van der Waals surface area contributed by atoms with Crippen molar-refractivity contribution in [1.29, 1.82) is 0 Å². The number of hydrogen-bond donors (Lipinski definition) is 0. The monoisotopic (exact) mass is 620 g/mol. The van der Waals surface area contributed by atoms with Gasteiger partial charge in [-0.15, -0.1) is 5.10 Å². The molecule has 0 saturated heterocycles. The van der Waals surface area contributed by atoms with Crippen molar-refractivity contribution in [3.05, 3.63) is 127 Å². The van der Waals surface area contributed by atoms with Crippen LogP contribution in [0.4, 0.5) is 0 Å². The first kappa shape index (κ1) is 29.5. The van der Waals surface area contributed by atoms with Gasteiger partial charge in [-0.25, -0.2) is 14.3 Å². The summed E-state index contributed by atoms with van der Waals surface area (Å²) in [5.41, 5.74) is 9.42. The molecular formula is C38H32N6O3. The van der Waals surface area contributed by atoms with Gasteiger partial charge in [0.15, 0.2) is 0 Å². The van der Waals surface area contributed by atoms with Crippen LogP contribution in [-0.4, -0.2) is 51.1 Å². The minimum absolute atomic E-state index is 0.680. The average Bonchev–Trinajstić information content (AvgIpc) is 3.75. The first-order valence-corrected chi connectivity index (χ1v) is 15.1. The third kappa shape index (κ3) is 5.82. The van der Waals surface area contributed by atoms with Gasteiger partial charge in [0.2, 0.25) is 0 Å². The summed E-state index contributed by atoms with van der Waals surface area (Å²) < 4.78 is 19.9. The molecule has 7 rings (SSSR count). The molecule has 0 saturated carbocycles. The molecular weight excluding hydrogens is 588 g/mol. The SMILES string of the molecule is COc1ccc(-c2cc(-c3cn(-c4ccccc4)nc3-c3nnn(-c4ccc(OC)cc4)c3C)cc(-c3ccc(OC)cc3)n2)cc1. The van der Waals surface area contributed by atoms with E-state index in [2.05, 4.69) is 22.4 Å². The molecule has 0 N–H and O–H groups in total. The zero-order valence-corrected chi connectivity index (χ0v) is 26.5. The molecule has 0 amide bonds. The van der Waals surface area contributed by atoms with Gasteiger partial charge < -0.3 is 14.2 Å². The Morgan fingerprint density at radius 3 is 1.62 bits per heavy atom. The third-order valence-corrected chi connectivity index (χ3v) is 8.08. The Balaban J connectivity index is 1.42. The van der Waals surface area contributed by atoms with Crippen LogP contribution in [0.1, 0.15) is 5.69 Å². The molecule has 3 heterocycles. The van der Waals surface area contributed by atoms with Crippen LogP contribution in [0, 0.1) is 6.92 Å². The average molecular weight is 621 g/mol. The van der Waals surface area contributed by atoms with Gasteiger partial charge in [0.25, 0.3) is 0 Å². The van der Waals surface area contributed by atoms with E-state index >= 15 is 0 Å². The van der Waals surface area contributed by atoms with Crippen molar-refractivity contribution in [2.24, 2.45) is 0 Å². The van der Waals surface area contributed by atoms with Crippen molar-refractivity contribution in [2.45, 2.75) is 6.92 Å². The molecule has 0 aliphatic rings. The number of methoxy groups -OCH3 is 3. The predicted molar refractivity (Wildman–Crippen MR) is 182 cm³/mol. The van der Waals surface area contributed by atoms with Crippen LogP contribution >= 0.6 is 0 Å². The van der Waals surface area contributed by atoms with E-state index in [1.807, 2.05) is 126 Å². The van der Waals surface area contributed by atoms with E-state index in [9.17, 15) is 0 Å². The summed E-state index contributed by atoms with van der Waals surface area (Å²) in [4.78, 5) is 5.10. The zero-order valence-electron chi connectivity index (χ0n) is 26.5. The standard InChI is InChI=1S/C38H32N6O3/c1-25-37(40-42-44(25)30-14-20-33(47-4)21-15-30)38-34(24-43(41-38)29-8-6-5-7-9-29)28-22-35(26-10-16-31(45-2)17-11-26)39-36(23-28)27-12-18-32(46-3)19-13-27/h5-24H,1-4H3. The van der Waals surface area contributed by atoms with Crippen molar-refractivity contribution in [3.8, 4) is 73.7 Å². The van der Waals surface area contributed by atoms with Gasteiger partial charge in [0.05, 0.1) is 49.8 Å². The Bertz CT molecular complexity index is 2070. The molecule has 0 unspecified atom stereocenters. The highest BCUT2D eigenvalue weighted by atomic mass is 16.5. The maximum absolute atomic E-state index is 5.41. The Labute approximate surface area is 272 Å². The molecule has 0 aliphatic carbocycles. The summed E-state index contributed by atoms with van der Waals surface area (Å²) >= 11 is 0. The fourth-order valence-corrected chi connectivity index (χ4v) is 5.50. The maximum Gasteiger partial charge on any atom is 0.137 e. The van der Waals surface area contributed by atoms with Gasteiger partial charge in [-0.1, -0.05) is 23.4 Å². The molecule has 0 bridgehead atoms. The predicted octanol–water partition coefficient (Wildman–Crippen LogP) is 7.85. The second-order valence-corrected chi connectivity index (χ2v) is 10.9. The number of para-hydroxylation sites is 1. The lowest BCUT2D eigenvalue weighted by atomic mass is 9.99. The fourth-order valence-electron chi connectivity index (χ4n) is 5.50. The van der Waals surface area contributed by atoms with Crippen molar-refractivity contribution in [2.75, 3.05) is 21.3 Å². The molecule has 0 atom stereocenters. The Morgan fingerprint density at radius 1 is 0.553 bits per heavy atom. The van der Waals surface area contributed by atoms with Crippen molar-refractivity contribution >= 4 is 0 Å². The van der Waals surface area contributed by atoms with Crippen LogP contribution in [0.2, 0.25) is 0 Å². The maximum atomic E-state index is 5.41. The minimum Gasteiger partial charge on any atom is -0.497 e. The number of rotatable bonds is 9. The number of nitrogens with zero attached hydrogens (tertiary/aromatic N) is 6. The molecule has 0 radical (unpaired) electrons. The molecule has 47 heavy (non-hydrogen) atoms. The van der Waals surface area contributed by atoms with E-state index in [4.69, 9.17) is 24.3 Å². The highest BCUT2D eigenvalue weighted by Gasteiger charge is 2.22. The van der Waals surface area contributed by atoms with Crippen LogP contribution in [0.15, 0.2) is 121 Å². The number of aromatic nitrogens is 6.